The number of aromatic nitrogens is 7. The Kier molecular flexibility index (Phi) is 10.1. The molecule has 1 aliphatic heterocycles. The summed E-state index contributed by atoms with van der Waals surface area (Å²) < 4.78 is 13.9. The van der Waals surface area contributed by atoms with Crippen LogP contribution in [-0.2, 0) is 31.9 Å². The first-order valence-electron chi connectivity index (χ1n) is 19.4. The lowest BCUT2D eigenvalue weighted by atomic mass is 9.98. The van der Waals surface area contributed by atoms with E-state index < -0.39 is 0 Å². The van der Waals surface area contributed by atoms with E-state index in [2.05, 4.69) is 21.6 Å². The van der Waals surface area contributed by atoms with Crippen molar-refractivity contribution in [3.63, 3.8) is 0 Å². The van der Waals surface area contributed by atoms with Crippen LogP contribution >= 0.6 is 23.2 Å². The molecule has 0 spiro atoms. The zero-order valence-electron chi connectivity index (χ0n) is 34.3. The van der Waals surface area contributed by atoms with Crippen LogP contribution < -0.4 is 9.64 Å². The lowest BCUT2D eigenvalue weighted by Gasteiger charge is -2.34. The summed E-state index contributed by atoms with van der Waals surface area (Å²) in [5.74, 6) is 1.15. The smallest absolute Gasteiger partial charge is 0.275 e. The SMILES string of the molecule is Cc1cc(OCCCc2c3n(c4c(-c5c(C)nn(C)c5C)c(Cl)ccc24)[C@H](C)CN(c2cn(CC(=O)N(C)C)c4ccc(-c5ncn(C)n5)cc24)C3=O)cc(C)c1Cl. The van der Waals surface area contributed by atoms with Crippen molar-refractivity contribution >= 4 is 62.5 Å². The quantitative estimate of drug-likeness (QED) is 0.128. The number of hydrogen-bond donors (Lipinski definition) is 0. The van der Waals surface area contributed by atoms with Crippen LogP contribution in [0.25, 0.3) is 44.3 Å². The Morgan fingerprint density at radius 3 is 2.36 bits per heavy atom. The van der Waals surface area contributed by atoms with Gasteiger partial charge in [-0.2, -0.15) is 10.2 Å². The van der Waals surface area contributed by atoms with Crippen molar-refractivity contribution in [1.82, 2.24) is 38.6 Å². The van der Waals surface area contributed by atoms with Crippen molar-refractivity contribution in [2.75, 3.05) is 32.1 Å². The van der Waals surface area contributed by atoms with Crippen molar-refractivity contribution in [1.29, 1.82) is 0 Å². The molecule has 0 radical (unpaired) electrons. The van der Waals surface area contributed by atoms with Gasteiger partial charge in [0, 0.05) is 85.2 Å². The fraction of sp³-hybridized carbons (Fsp3) is 0.341. The van der Waals surface area contributed by atoms with Crippen LogP contribution in [0, 0.1) is 27.7 Å². The second-order valence-corrected chi connectivity index (χ2v) is 16.5. The van der Waals surface area contributed by atoms with Gasteiger partial charge in [-0.05, 0) is 101 Å². The van der Waals surface area contributed by atoms with Gasteiger partial charge < -0.3 is 23.7 Å². The third-order valence-electron chi connectivity index (χ3n) is 11.4. The van der Waals surface area contributed by atoms with Crippen LogP contribution in [0.1, 0.15) is 58.0 Å². The molecule has 1 aliphatic rings. The number of carbonyl (C=O) groups excluding carboxylic acids is 2. The first-order valence-corrected chi connectivity index (χ1v) is 20.2. The van der Waals surface area contributed by atoms with Gasteiger partial charge in [-0.3, -0.25) is 19.0 Å². The van der Waals surface area contributed by atoms with E-state index in [4.69, 9.17) is 33.0 Å². The van der Waals surface area contributed by atoms with Crippen LogP contribution in [0.4, 0.5) is 5.69 Å². The van der Waals surface area contributed by atoms with Gasteiger partial charge in [-0.1, -0.05) is 29.3 Å². The standard InChI is InChI=1S/C44H47Cl2N9O3/c1-24-17-30(18-25(2)40(24)46)58-16-10-11-31-32-13-14-34(45)39(38-27(4)48-52(9)28(38)5)41(32)55-26(3)20-54(44(57)42(31)55)36-21-53(22-37(56)50(6)7)35-15-12-29(19-33(35)36)43-47-23-51(8)49-43/h12-15,17-19,21,23,26H,10-11,16,20,22H2,1-9H3/t26-/m1/s1. The number of nitrogens with zero attached hydrogens (tertiary/aromatic N) is 9. The number of benzene rings is 3. The van der Waals surface area contributed by atoms with Gasteiger partial charge in [0.25, 0.3) is 5.91 Å². The van der Waals surface area contributed by atoms with E-state index in [1.54, 1.807) is 30.0 Å². The van der Waals surface area contributed by atoms with E-state index in [-0.39, 0.29) is 24.4 Å². The van der Waals surface area contributed by atoms with Gasteiger partial charge in [-0.15, -0.1) is 0 Å². The molecule has 7 aromatic rings. The molecule has 5 heterocycles. The predicted molar refractivity (Wildman–Crippen MR) is 230 cm³/mol. The molecule has 12 nitrogen and oxygen atoms in total. The fourth-order valence-corrected chi connectivity index (χ4v) is 8.82. The molecule has 0 saturated carbocycles. The maximum absolute atomic E-state index is 15.4. The van der Waals surface area contributed by atoms with Crippen LogP contribution in [0.15, 0.2) is 55.0 Å². The summed E-state index contributed by atoms with van der Waals surface area (Å²) in [4.78, 5) is 36.5. The highest BCUT2D eigenvalue weighted by atomic mass is 35.5. The second-order valence-electron chi connectivity index (χ2n) is 15.7. The second kappa shape index (κ2) is 15.0. The topological polar surface area (TPSA) is 108 Å². The number of aryl methyl sites for hydroxylation is 6. The molecule has 0 N–H and O–H groups in total. The van der Waals surface area contributed by atoms with Gasteiger partial charge in [-0.25, -0.2) is 4.98 Å². The number of halogens is 2. The van der Waals surface area contributed by atoms with Gasteiger partial charge in [0.1, 0.15) is 24.3 Å². The Hall–Kier alpha value is -5.59. The highest BCUT2D eigenvalue weighted by Gasteiger charge is 2.38. The van der Waals surface area contributed by atoms with Crippen LogP contribution in [-0.4, -0.2) is 77.6 Å². The zero-order chi connectivity index (χ0) is 41.3. The van der Waals surface area contributed by atoms with Crippen molar-refractivity contribution < 1.29 is 14.3 Å². The van der Waals surface area contributed by atoms with E-state index >= 15 is 4.79 Å². The predicted octanol–water partition coefficient (Wildman–Crippen LogP) is 8.65. The molecule has 0 aliphatic carbocycles. The molecule has 58 heavy (non-hydrogen) atoms. The van der Waals surface area contributed by atoms with E-state index in [0.717, 1.165) is 77.3 Å². The van der Waals surface area contributed by atoms with E-state index in [9.17, 15) is 4.79 Å². The third-order valence-corrected chi connectivity index (χ3v) is 12.3. The summed E-state index contributed by atoms with van der Waals surface area (Å²) in [6, 6.07) is 13.7. The normalized spacial score (nSPS) is 14.2. The number of carbonyl (C=O) groups is 2. The summed E-state index contributed by atoms with van der Waals surface area (Å²) in [5, 5.41) is 12.4. The van der Waals surface area contributed by atoms with E-state index in [1.807, 2.05) is 105 Å². The number of likely N-dealkylation sites (N-methyl/N-ethyl adjacent to an activating group) is 1. The average molecular weight is 821 g/mol. The van der Waals surface area contributed by atoms with Crippen LogP contribution in [0.3, 0.4) is 0 Å². The van der Waals surface area contributed by atoms with Crippen LogP contribution in [0.2, 0.25) is 10.0 Å². The Morgan fingerprint density at radius 1 is 0.966 bits per heavy atom. The third kappa shape index (κ3) is 6.61. The van der Waals surface area contributed by atoms with Gasteiger partial charge >= 0.3 is 0 Å². The molecule has 14 heteroatoms. The Morgan fingerprint density at radius 2 is 1.71 bits per heavy atom. The van der Waals surface area contributed by atoms with Crippen molar-refractivity contribution in [2.24, 2.45) is 14.1 Å². The molecular formula is C44H47Cl2N9O3. The molecule has 0 saturated heterocycles. The van der Waals surface area contributed by atoms with E-state index in [1.165, 1.54) is 0 Å². The van der Waals surface area contributed by atoms with Crippen molar-refractivity contribution in [3.8, 4) is 28.3 Å². The molecule has 1 atom stereocenters. The molecule has 3 aromatic carbocycles. The van der Waals surface area contributed by atoms with Gasteiger partial charge in [0.15, 0.2) is 5.82 Å². The summed E-state index contributed by atoms with van der Waals surface area (Å²) in [6.07, 6.45) is 4.83. The average Bonchev–Trinajstić information content (AvgIpc) is 3.93. The number of anilines is 1. The number of rotatable bonds is 10. The molecule has 8 rings (SSSR count). The first kappa shape index (κ1) is 39.2. The minimum atomic E-state index is -0.155. The minimum absolute atomic E-state index is 0.0591. The minimum Gasteiger partial charge on any atom is -0.494 e. The maximum atomic E-state index is 15.4. The number of ether oxygens (including phenoxy) is 1. The number of fused-ring (bicyclic) bond motifs is 4. The number of amides is 2. The van der Waals surface area contributed by atoms with Crippen molar-refractivity contribution in [3.05, 3.63) is 98.8 Å². The summed E-state index contributed by atoms with van der Waals surface area (Å²) >= 11 is 13.6. The molecule has 4 aromatic heterocycles. The summed E-state index contributed by atoms with van der Waals surface area (Å²) in [7, 11) is 7.25. The Balaban J connectivity index is 1.28. The van der Waals surface area contributed by atoms with Crippen molar-refractivity contribution in [2.45, 2.75) is 60.0 Å². The molecule has 0 unspecified atom stereocenters. The maximum Gasteiger partial charge on any atom is 0.275 e. The first-order chi connectivity index (χ1) is 27.6. The lowest BCUT2D eigenvalue weighted by Crippen LogP contribution is -2.42. The molecule has 300 valence electrons. The molecule has 0 fully saturated rings. The van der Waals surface area contributed by atoms with E-state index in [0.29, 0.717) is 48.2 Å². The number of hydrogen-bond acceptors (Lipinski definition) is 6. The Labute approximate surface area is 347 Å². The summed E-state index contributed by atoms with van der Waals surface area (Å²) in [5.41, 5.74) is 10.4. The van der Waals surface area contributed by atoms with Gasteiger partial charge in [0.2, 0.25) is 5.91 Å². The largest absolute Gasteiger partial charge is 0.494 e. The fourth-order valence-electron chi connectivity index (χ4n) is 8.46. The highest BCUT2D eigenvalue weighted by molar-refractivity contribution is 6.35. The molecule has 0 bridgehead atoms. The van der Waals surface area contributed by atoms with Gasteiger partial charge in [0.05, 0.1) is 34.0 Å². The summed E-state index contributed by atoms with van der Waals surface area (Å²) in [6.45, 7) is 11.1. The molecule has 2 amide bonds. The molecular weight excluding hydrogens is 773 g/mol. The Bertz CT molecular complexity index is 2770. The van der Waals surface area contributed by atoms with Crippen LogP contribution in [0.5, 0.6) is 5.75 Å². The highest BCUT2D eigenvalue weighted by Crippen LogP contribution is 2.46. The monoisotopic (exact) mass is 819 g/mol. The zero-order valence-corrected chi connectivity index (χ0v) is 35.8. The lowest BCUT2D eigenvalue weighted by molar-refractivity contribution is -0.129.